The lowest BCUT2D eigenvalue weighted by molar-refractivity contribution is 0.0987. The van der Waals surface area contributed by atoms with Crippen molar-refractivity contribution in [2.75, 3.05) is 6.54 Å². The Bertz CT molecular complexity index is 540. The number of nitrogens with zero attached hydrogens (tertiary/aromatic N) is 1. The summed E-state index contributed by atoms with van der Waals surface area (Å²) in [5.74, 6) is -0.0585. The molecule has 3 nitrogen and oxygen atoms in total. The summed E-state index contributed by atoms with van der Waals surface area (Å²) in [4.78, 5) is 16.1. The SMILES string of the molecule is NCCC(=O)c1c(Cl)ccc2cccnc12. The highest BCUT2D eigenvalue weighted by molar-refractivity contribution is 6.35. The van der Waals surface area contributed by atoms with Crippen LogP contribution in [0.5, 0.6) is 0 Å². The van der Waals surface area contributed by atoms with Gasteiger partial charge in [0, 0.05) is 18.0 Å². The Balaban J connectivity index is 2.66. The minimum absolute atomic E-state index is 0.0585. The maximum Gasteiger partial charge on any atom is 0.167 e. The molecule has 4 heteroatoms. The largest absolute Gasteiger partial charge is 0.330 e. The third-order valence-corrected chi connectivity index (χ3v) is 2.69. The van der Waals surface area contributed by atoms with Gasteiger partial charge < -0.3 is 5.73 Å². The van der Waals surface area contributed by atoms with Gasteiger partial charge in [0.15, 0.2) is 5.78 Å². The summed E-state index contributed by atoms with van der Waals surface area (Å²) in [7, 11) is 0. The van der Waals surface area contributed by atoms with E-state index in [9.17, 15) is 4.79 Å². The van der Waals surface area contributed by atoms with Gasteiger partial charge in [0.05, 0.1) is 16.1 Å². The number of nitrogens with two attached hydrogens (primary N) is 1. The average molecular weight is 235 g/mol. The van der Waals surface area contributed by atoms with Crippen LogP contribution in [-0.2, 0) is 0 Å². The molecule has 16 heavy (non-hydrogen) atoms. The summed E-state index contributed by atoms with van der Waals surface area (Å²) < 4.78 is 0. The molecule has 0 radical (unpaired) electrons. The number of carbonyl (C=O) groups excluding carboxylic acids is 1. The molecule has 2 aromatic rings. The highest BCUT2D eigenvalue weighted by atomic mass is 35.5. The number of carbonyl (C=O) groups is 1. The number of benzene rings is 1. The minimum Gasteiger partial charge on any atom is -0.330 e. The molecule has 0 saturated carbocycles. The number of fused-ring (bicyclic) bond motifs is 1. The van der Waals surface area contributed by atoms with E-state index in [4.69, 9.17) is 17.3 Å². The van der Waals surface area contributed by atoms with Crippen LogP contribution >= 0.6 is 11.6 Å². The van der Waals surface area contributed by atoms with Gasteiger partial charge in [-0.3, -0.25) is 9.78 Å². The first kappa shape index (κ1) is 11.0. The fourth-order valence-electron chi connectivity index (χ4n) is 1.64. The van der Waals surface area contributed by atoms with Gasteiger partial charge in [-0.25, -0.2) is 0 Å². The van der Waals surface area contributed by atoms with Crippen LogP contribution in [0.1, 0.15) is 16.8 Å². The van der Waals surface area contributed by atoms with E-state index < -0.39 is 0 Å². The van der Waals surface area contributed by atoms with E-state index in [2.05, 4.69) is 4.98 Å². The van der Waals surface area contributed by atoms with Crippen LogP contribution < -0.4 is 5.73 Å². The molecule has 82 valence electrons. The van der Waals surface area contributed by atoms with E-state index >= 15 is 0 Å². The number of Topliss-reactive ketones (excluding diaryl/α,β-unsaturated/α-hetero) is 1. The quantitative estimate of drug-likeness (QED) is 0.830. The van der Waals surface area contributed by atoms with E-state index in [1.165, 1.54) is 0 Å². The van der Waals surface area contributed by atoms with Crippen molar-refractivity contribution in [1.29, 1.82) is 0 Å². The number of aromatic nitrogens is 1. The van der Waals surface area contributed by atoms with E-state index in [0.717, 1.165) is 5.39 Å². The van der Waals surface area contributed by atoms with Crippen molar-refractivity contribution in [3.63, 3.8) is 0 Å². The van der Waals surface area contributed by atoms with Crippen molar-refractivity contribution in [3.05, 3.63) is 41.0 Å². The molecule has 1 aromatic heterocycles. The van der Waals surface area contributed by atoms with Crippen molar-refractivity contribution in [1.82, 2.24) is 4.98 Å². The minimum atomic E-state index is -0.0585. The van der Waals surface area contributed by atoms with E-state index in [0.29, 0.717) is 22.6 Å². The van der Waals surface area contributed by atoms with Crippen LogP contribution in [0.2, 0.25) is 5.02 Å². The molecule has 0 spiro atoms. The van der Waals surface area contributed by atoms with Crippen molar-refractivity contribution in [2.45, 2.75) is 6.42 Å². The summed E-state index contributed by atoms with van der Waals surface area (Å²) >= 11 is 6.03. The highest BCUT2D eigenvalue weighted by Gasteiger charge is 2.14. The molecule has 0 unspecified atom stereocenters. The average Bonchev–Trinajstić information content (AvgIpc) is 2.29. The molecule has 0 atom stereocenters. The monoisotopic (exact) mass is 234 g/mol. The van der Waals surface area contributed by atoms with Crippen LogP contribution in [0.15, 0.2) is 30.5 Å². The Morgan fingerprint density at radius 1 is 1.38 bits per heavy atom. The molecule has 1 aromatic carbocycles. The molecule has 0 bridgehead atoms. The fraction of sp³-hybridized carbons (Fsp3) is 0.167. The molecule has 2 N–H and O–H groups in total. The predicted molar refractivity (Wildman–Crippen MR) is 64.8 cm³/mol. The maximum atomic E-state index is 11.9. The first-order chi connectivity index (χ1) is 7.74. The van der Waals surface area contributed by atoms with Gasteiger partial charge in [-0.2, -0.15) is 0 Å². The fourth-order valence-corrected chi connectivity index (χ4v) is 1.90. The molecular weight excluding hydrogens is 224 g/mol. The Labute approximate surface area is 98.2 Å². The van der Waals surface area contributed by atoms with Gasteiger partial charge in [0.2, 0.25) is 0 Å². The molecular formula is C12H11ClN2O. The van der Waals surface area contributed by atoms with Crippen LogP contribution in [0.4, 0.5) is 0 Å². The third-order valence-electron chi connectivity index (χ3n) is 2.37. The molecule has 1 heterocycles. The summed E-state index contributed by atoms with van der Waals surface area (Å²) in [6, 6.07) is 7.30. The summed E-state index contributed by atoms with van der Waals surface area (Å²) in [6.07, 6.45) is 1.94. The lowest BCUT2D eigenvalue weighted by atomic mass is 10.0. The second-order valence-corrected chi connectivity index (χ2v) is 3.87. The van der Waals surface area contributed by atoms with Crippen molar-refractivity contribution < 1.29 is 4.79 Å². The number of halogens is 1. The molecule has 0 aliphatic heterocycles. The molecule has 0 amide bonds. The van der Waals surface area contributed by atoms with Crippen LogP contribution in [0.25, 0.3) is 10.9 Å². The normalized spacial score (nSPS) is 10.6. The molecule has 0 aliphatic rings. The number of hydrogen-bond donors (Lipinski definition) is 1. The molecule has 2 rings (SSSR count). The number of rotatable bonds is 3. The van der Waals surface area contributed by atoms with E-state index in [1.807, 2.05) is 18.2 Å². The zero-order valence-electron chi connectivity index (χ0n) is 8.61. The lowest BCUT2D eigenvalue weighted by Crippen LogP contribution is -2.09. The first-order valence-corrected chi connectivity index (χ1v) is 5.38. The third kappa shape index (κ3) is 1.92. The summed E-state index contributed by atoms with van der Waals surface area (Å²) in [5, 5.41) is 1.34. The second-order valence-electron chi connectivity index (χ2n) is 3.46. The van der Waals surface area contributed by atoms with Gasteiger partial charge in [0.1, 0.15) is 0 Å². The number of ketones is 1. The first-order valence-electron chi connectivity index (χ1n) is 5.00. The predicted octanol–water partition coefficient (Wildman–Crippen LogP) is 2.42. The van der Waals surface area contributed by atoms with Gasteiger partial charge >= 0.3 is 0 Å². The highest BCUT2D eigenvalue weighted by Crippen LogP contribution is 2.25. The zero-order valence-corrected chi connectivity index (χ0v) is 9.37. The molecule has 0 saturated heterocycles. The number of hydrogen-bond acceptors (Lipinski definition) is 3. The zero-order chi connectivity index (χ0) is 11.5. The molecule has 0 fully saturated rings. The topological polar surface area (TPSA) is 56.0 Å². The Morgan fingerprint density at radius 3 is 2.94 bits per heavy atom. The van der Waals surface area contributed by atoms with E-state index in [1.54, 1.807) is 12.3 Å². The maximum absolute atomic E-state index is 11.9. The van der Waals surface area contributed by atoms with Gasteiger partial charge in [0.25, 0.3) is 0 Å². The van der Waals surface area contributed by atoms with Gasteiger partial charge in [-0.15, -0.1) is 0 Å². The Kier molecular flexibility index (Phi) is 3.17. The van der Waals surface area contributed by atoms with Crippen LogP contribution in [0, 0.1) is 0 Å². The van der Waals surface area contributed by atoms with Gasteiger partial charge in [-0.05, 0) is 18.7 Å². The second kappa shape index (κ2) is 4.60. The Hall–Kier alpha value is -1.45. The summed E-state index contributed by atoms with van der Waals surface area (Å²) in [6.45, 7) is 0.318. The van der Waals surface area contributed by atoms with E-state index in [-0.39, 0.29) is 12.2 Å². The summed E-state index contributed by atoms with van der Waals surface area (Å²) in [5.41, 5.74) is 6.50. The van der Waals surface area contributed by atoms with Crippen molar-refractivity contribution in [3.8, 4) is 0 Å². The smallest absolute Gasteiger partial charge is 0.167 e. The number of pyridine rings is 1. The van der Waals surface area contributed by atoms with Crippen LogP contribution in [0.3, 0.4) is 0 Å². The van der Waals surface area contributed by atoms with Gasteiger partial charge in [-0.1, -0.05) is 23.7 Å². The van der Waals surface area contributed by atoms with Crippen molar-refractivity contribution in [2.24, 2.45) is 5.73 Å². The van der Waals surface area contributed by atoms with Crippen molar-refractivity contribution >= 4 is 28.3 Å². The molecule has 0 aliphatic carbocycles. The Morgan fingerprint density at radius 2 is 2.19 bits per heavy atom. The standard InChI is InChI=1S/C12H11ClN2O/c13-9-4-3-8-2-1-7-15-12(8)11(9)10(16)5-6-14/h1-4,7H,5-6,14H2. The van der Waals surface area contributed by atoms with Crippen LogP contribution in [-0.4, -0.2) is 17.3 Å². The lowest BCUT2D eigenvalue weighted by Gasteiger charge is -2.06.